The van der Waals surface area contributed by atoms with Gasteiger partial charge in [-0.1, -0.05) is 118 Å². The zero-order valence-electron chi connectivity index (χ0n) is 68.8. The van der Waals surface area contributed by atoms with Gasteiger partial charge in [-0.05, 0) is 334 Å². The molecule has 0 aromatic carbocycles. The van der Waals surface area contributed by atoms with Crippen LogP contribution in [0.3, 0.4) is 0 Å². The average molecular weight is 1450 g/mol. The summed E-state index contributed by atoms with van der Waals surface area (Å²) in [6.07, 6.45) is 37.7. The minimum atomic E-state index is -0.990. The standard InChI is InChI=1S/C24H34O4.C24H32O4.C23H34O2.C23H32O2/c2*1-14-12-18-19(22(4)9-6-17(27)13-21(14)22)7-10-23(5)20(18)8-11-24(23,15(2)25)28-16(3)26;2*1-14-12-17-18(21(3)9-6-16(25)13-20(14)21)7-11-23(5)19(17)8-10-22(23,4)15(2)24/h13-14,18-20H,6-12H2,1-5H3;12-13,18-20H,6-11H2,1-5H3;13-14,17-19H,6-12H2,1-5H3;12-13,17-19H,6-11H2,1-5H3/t14-,18+,19-,20-,22+,23-,24-;18-,19+,20+,22-,23+,24+;14-,17+,18-,19-,21+,22+,23-;17-,18+,19+,21-,22-,23+/m0101/s1. The summed E-state index contributed by atoms with van der Waals surface area (Å²) >= 11 is 0. The average Bonchev–Trinajstić information content (AvgIpc) is 1.49. The van der Waals surface area contributed by atoms with Crippen LogP contribution in [-0.4, -0.2) is 69.4 Å². The van der Waals surface area contributed by atoms with Gasteiger partial charge in [0.05, 0.1) is 0 Å². The Labute approximate surface area is 635 Å². The fraction of sp³-hybridized carbons (Fsp3) is 0.766. The molecule has 0 spiro atoms. The van der Waals surface area contributed by atoms with E-state index in [1.807, 2.05) is 31.2 Å². The summed E-state index contributed by atoms with van der Waals surface area (Å²) in [6.45, 7) is 41.8. The maximum absolute atomic E-state index is 12.8. The molecule has 0 saturated heterocycles. The van der Waals surface area contributed by atoms with Crippen LogP contribution in [0.5, 0.6) is 0 Å². The summed E-state index contributed by atoms with van der Waals surface area (Å²) in [4.78, 5) is 123. The Morgan fingerprint density at radius 3 is 1.01 bits per heavy atom. The Kier molecular flexibility index (Phi) is 19.9. The zero-order chi connectivity index (χ0) is 77.4. The lowest BCUT2D eigenvalue weighted by molar-refractivity contribution is -0.187. The molecule has 10 fully saturated rings. The van der Waals surface area contributed by atoms with Crippen molar-refractivity contribution < 1.29 is 57.4 Å². The first-order valence-electron chi connectivity index (χ1n) is 42.2. The molecule has 12 nitrogen and oxygen atoms in total. The van der Waals surface area contributed by atoms with Crippen molar-refractivity contribution in [1.29, 1.82) is 0 Å². The van der Waals surface area contributed by atoms with Gasteiger partial charge in [-0.25, -0.2) is 0 Å². The minimum Gasteiger partial charge on any atom is -0.451 e. The zero-order valence-corrected chi connectivity index (χ0v) is 68.8. The third-order valence-electron chi connectivity index (χ3n) is 37.0. The smallest absolute Gasteiger partial charge is 0.303 e. The number of Topliss-reactive ketones (excluding diaryl/α,β-unsaturated/α-hetero) is 4. The van der Waals surface area contributed by atoms with Gasteiger partial charge in [0.15, 0.2) is 45.9 Å². The minimum absolute atomic E-state index is 0.00469. The van der Waals surface area contributed by atoms with Crippen LogP contribution in [0.15, 0.2) is 69.9 Å². The van der Waals surface area contributed by atoms with Crippen molar-refractivity contribution in [2.24, 2.45) is 137 Å². The summed E-state index contributed by atoms with van der Waals surface area (Å²) in [5.41, 5.74) is 5.80. The van der Waals surface area contributed by atoms with Crippen LogP contribution in [0.2, 0.25) is 0 Å². The highest BCUT2D eigenvalue weighted by molar-refractivity contribution is 5.95. The van der Waals surface area contributed by atoms with Gasteiger partial charge in [0, 0.05) is 61.2 Å². The summed E-state index contributed by atoms with van der Waals surface area (Å²) in [5, 5.41) is 0. The number of fused-ring (bicyclic) bond motifs is 20. The summed E-state index contributed by atoms with van der Waals surface area (Å²) in [6, 6.07) is 0. The Bertz CT molecular complexity index is 3960. The molecule has 10 saturated carbocycles. The van der Waals surface area contributed by atoms with Crippen molar-refractivity contribution in [1.82, 2.24) is 0 Å². The van der Waals surface area contributed by atoms with Gasteiger partial charge in [-0.15, -0.1) is 0 Å². The van der Waals surface area contributed by atoms with E-state index in [2.05, 4.69) is 109 Å². The molecule has 0 unspecified atom stereocenters. The Hall–Kier alpha value is -5.26. The van der Waals surface area contributed by atoms with E-state index in [4.69, 9.17) is 9.47 Å². The van der Waals surface area contributed by atoms with Crippen molar-refractivity contribution in [3.63, 3.8) is 0 Å². The highest BCUT2D eigenvalue weighted by Gasteiger charge is 2.72. The van der Waals surface area contributed by atoms with Gasteiger partial charge in [0.25, 0.3) is 0 Å². The lowest BCUT2D eigenvalue weighted by atomic mass is 9.44. The summed E-state index contributed by atoms with van der Waals surface area (Å²) < 4.78 is 11.7. The van der Waals surface area contributed by atoms with Gasteiger partial charge < -0.3 is 9.47 Å². The van der Waals surface area contributed by atoms with Gasteiger partial charge in [-0.2, -0.15) is 0 Å². The quantitative estimate of drug-likeness (QED) is 0.229. The van der Waals surface area contributed by atoms with Gasteiger partial charge in [0.1, 0.15) is 11.6 Å². The van der Waals surface area contributed by atoms with Crippen LogP contribution in [0, 0.1) is 137 Å². The van der Waals surface area contributed by atoms with Crippen LogP contribution in [0.1, 0.15) is 305 Å². The molecule has 106 heavy (non-hydrogen) atoms. The number of ketones is 8. The lowest BCUT2D eigenvalue weighted by Gasteiger charge is -2.60. The van der Waals surface area contributed by atoms with Crippen LogP contribution < -0.4 is 0 Å². The Morgan fingerprint density at radius 1 is 0.340 bits per heavy atom. The number of carbonyl (C=O) groups excluding carboxylic acids is 10. The van der Waals surface area contributed by atoms with E-state index >= 15 is 0 Å². The maximum atomic E-state index is 12.8. The molecule has 0 heterocycles. The molecule has 26 atom stereocenters. The predicted octanol–water partition coefficient (Wildman–Crippen LogP) is 19.9. The SMILES string of the molecule is CC(=O)O[C@]1(C(C)=O)CC[C@H]2[C@@H]3C=C(C)C4=CC(=O)CC[C@]4(C)[C@H]3CC[C@@]21C.CC(=O)O[C@]1(C(C)=O)CC[C@H]2[C@@H]3C[C@H](C)C4=CC(=O)CC[C@]4(C)[C@H]3CC[C@@]21C.CC(=O)[C@@]1(C)CC[C@H]2[C@@H]3C=C(C)C4=CC(=O)CC[C@]4(C)[C@H]3CC[C@@]21C.CC(=O)[C@@]1(C)CC[C@H]2[C@@H]3C[C@H](C)C4=CC(=O)CC[C@]4(C)[C@H]3CC[C@@]21C. The van der Waals surface area contributed by atoms with E-state index in [1.54, 1.807) is 20.8 Å². The van der Waals surface area contributed by atoms with Crippen molar-refractivity contribution in [3.8, 4) is 0 Å². The third-order valence-corrected chi connectivity index (χ3v) is 37.0. The first kappa shape index (κ1) is 78.8. The van der Waals surface area contributed by atoms with E-state index in [0.717, 1.165) is 102 Å². The number of allylic oxidation sites excluding steroid dienone is 10. The number of hydrogen-bond donors (Lipinski definition) is 0. The predicted molar refractivity (Wildman–Crippen MR) is 413 cm³/mol. The normalized spacial score (nSPS) is 48.1. The molecule has 16 aliphatic rings. The van der Waals surface area contributed by atoms with E-state index in [0.29, 0.717) is 132 Å². The van der Waals surface area contributed by atoms with Crippen LogP contribution in [0.25, 0.3) is 0 Å². The molecule has 0 aromatic heterocycles. The second-order valence-electron chi connectivity index (χ2n) is 40.9. The molecular weight excluding hydrogens is 1320 g/mol. The first-order valence-corrected chi connectivity index (χ1v) is 42.2. The maximum Gasteiger partial charge on any atom is 0.303 e. The fourth-order valence-corrected chi connectivity index (χ4v) is 30.6. The Morgan fingerprint density at radius 2 is 0.632 bits per heavy atom. The molecular formula is C94H132O12. The fourth-order valence-electron chi connectivity index (χ4n) is 30.6. The molecule has 16 aliphatic carbocycles. The van der Waals surface area contributed by atoms with Crippen LogP contribution >= 0.6 is 0 Å². The monoisotopic (exact) mass is 1450 g/mol. The molecule has 0 amide bonds. The highest BCUT2D eigenvalue weighted by Crippen LogP contribution is 2.75. The van der Waals surface area contributed by atoms with E-state index in [-0.39, 0.29) is 89.2 Å². The number of esters is 2. The second kappa shape index (κ2) is 26.7. The van der Waals surface area contributed by atoms with Crippen molar-refractivity contribution >= 4 is 58.2 Å². The van der Waals surface area contributed by atoms with Gasteiger partial charge in [-0.3, -0.25) is 47.9 Å². The topological polar surface area (TPSA) is 189 Å². The van der Waals surface area contributed by atoms with Gasteiger partial charge >= 0.3 is 11.9 Å². The van der Waals surface area contributed by atoms with Crippen LogP contribution in [0.4, 0.5) is 0 Å². The molecule has 0 bridgehead atoms. The largest absolute Gasteiger partial charge is 0.451 e. The first-order chi connectivity index (χ1) is 49.4. The van der Waals surface area contributed by atoms with Crippen molar-refractivity contribution in [2.45, 2.75) is 317 Å². The molecule has 580 valence electrons. The molecule has 0 N–H and O–H groups in total. The molecule has 0 aliphatic heterocycles. The van der Waals surface area contributed by atoms with E-state index in [9.17, 15) is 47.9 Å². The molecule has 12 heteroatoms. The number of ether oxygens (including phenoxy) is 2. The lowest BCUT2D eigenvalue weighted by Crippen LogP contribution is -2.59. The van der Waals surface area contributed by atoms with Gasteiger partial charge in [0.2, 0.25) is 0 Å². The third kappa shape index (κ3) is 11.3. The van der Waals surface area contributed by atoms with E-state index in [1.165, 1.54) is 85.8 Å². The number of hydrogen-bond acceptors (Lipinski definition) is 12. The Balaban J connectivity index is 0.000000125. The molecule has 0 radical (unpaired) electrons. The van der Waals surface area contributed by atoms with E-state index < -0.39 is 11.2 Å². The number of rotatable bonds is 6. The van der Waals surface area contributed by atoms with Crippen molar-refractivity contribution in [2.75, 3.05) is 0 Å². The second-order valence-corrected chi connectivity index (χ2v) is 40.9. The van der Waals surface area contributed by atoms with Crippen molar-refractivity contribution in [3.05, 3.63) is 69.9 Å². The number of carbonyl (C=O) groups is 10. The van der Waals surface area contributed by atoms with Crippen LogP contribution in [-0.2, 0) is 57.4 Å². The highest BCUT2D eigenvalue weighted by atomic mass is 16.6. The molecule has 0 aromatic rings. The summed E-state index contributed by atoms with van der Waals surface area (Å²) in [7, 11) is 0. The molecule has 16 rings (SSSR count). The summed E-state index contributed by atoms with van der Waals surface area (Å²) in [5.74, 6) is 8.68.